The summed E-state index contributed by atoms with van der Waals surface area (Å²) in [6.07, 6.45) is 5.70. The minimum atomic E-state index is -0.144. The molecule has 1 amide bonds. The summed E-state index contributed by atoms with van der Waals surface area (Å²) in [4.78, 5) is 15.5. The van der Waals surface area contributed by atoms with Crippen LogP contribution in [-0.4, -0.2) is 29.6 Å². The summed E-state index contributed by atoms with van der Waals surface area (Å²) < 4.78 is 5.55. The monoisotopic (exact) mass is 327 g/mol. The van der Waals surface area contributed by atoms with E-state index < -0.39 is 0 Å². The molecule has 1 aromatic heterocycles. The first-order chi connectivity index (χ1) is 8.24. The summed E-state index contributed by atoms with van der Waals surface area (Å²) >= 11 is 1.40. The second-order valence-corrected chi connectivity index (χ2v) is 5.13. The molecule has 1 saturated carbocycles. The van der Waals surface area contributed by atoms with Crippen LogP contribution in [0.1, 0.15) is 25.7 Å². The minimum absolute atomic E-state index is 0. The Morgan fingerprint density at radius 2 is 2.11 bits per heavy atom. The van der Waals surface area contributed by atoms with E-state index >= 15 is 0 Å². The lowest BCUT2D eigenvalue weighted by atomic mass is 9.94. The fraction of sp³-hybridized carbons (Fsp3) is 0.636. The number of nitrogens with one attached hydrogen (secondary N) is 1. The second kappa shape index (κ2) is 9.50. The van der Waals surface area contributed by atoms with Crippen LogP contribution < -0.4 is 11.1 Å². The quantitative estimate of drug-likeness (QED) is 0.888. The van der Waals surface area contributed by atoms with Crippen LogP contribution in [0.4, 0.5) is 5.13 Å². The number of amides is 1. The Labute approximate surface area is 129 Å². The molecule has 3 N–H and O–H groups in total. The number of hydrogen-bond acceptors (Lipinski definition) is 5. The van der Waals surface area contributed by atoms with Gasteiger partial charge >= 0.3 is 0 Å². The normalized spacial score (nSPS) is 21.9. The number of aromatic nitrogens is 1. The number of carbonyl (C=O) groups is 1. The van der Waals surface area contributed by atoms with Crippen LogP contribution in [0, 0.1) is 0 Å². The maximum atomic E-state index is 11.5. The van der Waals surface area contributed by atoms with Gasteiger partial charge in [-0.15, -0.1) is 36.2 Å². The first-order valence-electron chi connectivity index (χ1n) is 5.80. The van der Waals surface area contributed by atoms with Crippen molar-refractivity contribution in [2.24, 2.45) is 5.73 Å². The van der Waals surface area contributed by atoms with Gasteiger partial charge in [0, 0.05) is 17.6 Å². The van der Waals surface area contributed by atoms with Crippen LogP contribution in [-0.2, 0) is 9.53 Å². The molecule has 8 heteroatoms. The van der Waals surface area contributed by atoms with Crippen molar-refractivity contribution in [1.29, 1.82) is 0 Å². The molecule has 0 spiro atoms. The molecule has 0 bridgehead atoms. The molecule has 0 saturated heterocycles. The third kappa shape index (κ3) is 6.54. The van der Waals surface area contributed by atoms with Gasteiger partial charge in [0.15, 0.2) is 5.13 Å². The van der Waals surface area contributed by atoms with Crippen molar-refractivity contribution in [1.82, 2.24) is 4.98 Å². The van der Waals surface area contributed by atoms with Crippen molar-refractivity contribution in [3.05, 3.63) is 11.6 Å². The Kier molecular flexibility index (Phi) is 9.30. The summed E-state index contributed by atoms with van der Waals surface area (Å²) in [5.41, 5.74) is 5.80. The fourth-order valence-electron chi connectivity index (χ4n) is 1.89. The van der Waals surface area contributed by atoms with Gasteiger partial charge in [0.2, 0.25) is 0 Å². The van der Waals surface area contributed by atoms with Crippen molar-refractivity contribution in [2.45, 2.75) is 37.8 Å². The third-order valence-corrected chi connectivity index (χ3v) is 3.54. The molecular formula is C11H19Cl2N3O2S. The highest BCUT2D eigenvalue weighted by Crippen LogP contribution is 2.19. The second-order valence-electron chi connectivity index (χ2n) is 4.23. The van der Waals surface area contributed by atoms with Crippen molar-refractivity contribution >= 4 is 47.2 Å². The zero-order valence-corrected chi connectivity index (χ0v) is 12.9. The number of anilines is 1. The van der Waals surface area contributed by atoms with Crippen molar-refractivity contribution in [2.75, 3.05) is 11.9 Å². The van der Waals surface area contributed by atoms with E-state index in [0.29, 0.717) is 11.2 Å². The van der Waals surface area contributed by atoms with Gasteiger partial charge < -0.3 is 10.5 Å². The minimum Gasteiger partial charge on any atom is -0.368 e. The molecule has 1 fully saturated rings. The lowest BCUT2D eigenvalue weighted by Crippen LogP contribution is -2.32. The Bertz CT molecular complexity index is 357. The zero-order valence-electron chi connectivity index (χ0n) is 10.4. The van der Waals surface area contributed by atoms with Gasteiger partial charge in [-0.3, -0.25) is 10.1 Å². The average molecular weight is 328 g/mol. The summed E-state index contributed by atoms with van der Waals surface area (Å²) in [6, 6.07) is 0.305. The van der Waals surface area contributed by atoms with Gasteiger partial charge in [0.1, 0.15) is 6.61 Å². The van der Waals surface area contributed by atoms with E-state index in [0.717, 1.165) is 25.7 Å². The molecule has 1 heterocycles. The van der Waals surface area contributed by atoms with Crippen LogP contribution >= 0.6 is 36.2 Å². The number of thiazole rings is 1. The molecule has 1 aromatic rings. The largest absolute Gasteiger partial charge is 0.368 e. The SMILES string of the molecule is Cl.Cl.NC1CCC(OCC(=O)Nc2nccs2)CC1. The molecule has 0 atom stereocenters. The van der Waals surface area contributed by atoms with E-state index in [4.69, 9.17) is 10.5 Å². The van der Waals surface area contributed by atoms with Gasteiger partial charge in [0.05, 0.1) is 6.10 Å². The predicted octanol–water partition coefficient (Wildman–Crippen LogP) is 2.21. The van der Waals surface area contributed by atoms with E-state index in [9.17, 15) is 4.79 Å². The zero-order chi connectivity index (χ0) is 12.1. The molecule has 1 aliphatic carbocycles. The van der Waals surface area contributed by atoms with Crippen molar-refractivity contribution < 1.29 is 9.53 Å². The van der Waals surface area contributed by atoms with E-state index in [-0.39, 0.29) is 43.4 Å². The number of halogens is 2. The third-order valence-electron chi connectivity index (χ3n) is 2.85. The molecule has 19 heavy (non-hydrogen) atoms. The van der Waals surface area contributed by atoms with Crippen LogP contribution in [0.15, 0.2) is 11.6 Å². The maximum Gasteiger partial charge on any atom is 0.252 e. The number of carbonyl (C=O) groups excluding carboxylic acids is 1. The molecule has 0 radical (unpaired) electrons. The van der Waals surface area contributed by atoms with Crippen LogP contribution in [0.2, 0.25) is 0 Å². The maximum absolute atomic E-state index is 11.5. The lowest BCUT2D eigenvalue weighted by molar-refractivity contribution is -0.123. The molecule has 0 aliphatic heterocycles. The number of hydrogen-bond donors (Lipinski definition) is 2. The van der Waals surface area contributed by atoms with E-state index in [1.54, 1.807) is 6.20 Å². The summed E-state index contributed by atoms with van der Waals surface area (Å²) in [5, 5.41) is 5.12. The molecular weight excluding hydrogens is 309 g/mol. The standard InChI is InChI=1S/C11H17N3O2S.2ClH/c12-8-1-3-9(4-2-8)16-7-10(15)14-11-13-5-6-17-11;;/h5-6,8-9H,1-4,7,12H2,(H,13,14,15);2*1H. The molecule has 110 valence electrons. The Hall–Kier alpha value is -0.400. The number of nitrogens with two attached hydrogens (primary N) is 1. The van der Waals surface area contributed by atoms with Crippen LogP contribution in [0.3, 0.4) is 0 Å². The first kappa shape index (κ1) is 18.6. The van der Waals surface area contributed by atoms with Gasteiger partial charge in [-0.05, 0) is 25.7 Å². The predicted molar refractivity (Wildman–Crippen MR) is 81.4 cm³/mol. The van der Waals surface area contributed by atoms with Gasteiger partial charge in [-0.2, -0.15) is 0 Å². The van der Waals surface area contributed by atoms with Crippen LogP contribution in [0.5, 0.6) is 0 Å². The van der Waals surface area contributed by atoms with E-state index in [1.807, 2.05) is 5.38 Å². The summed E-state index contributed by atoms with van der Waals surface area (Å²) in [7, 11) is 0. The van der Waals surface area contributed by atoms with E-state index in [2.05, 4.69) is 10.3 Å². The summed E-state index contributed by atoms with van der Waals surface area (Å²) in [6.45, 7) is 0.0967. The summed E-state index contributed by atoms with van der Waals surface area (Å²) in [5.74, 6) is -0.144. The smallest absolute Gasteiger partial charge is 0.252 e. The topological polar surface area (TPSA) is 77.2 Å². The number of ether oxygens (including phenoxy) is 1. The Morgan fingerprint density at radius 3 is 2.68 bits per heavy atom. The fourth-order valence-corrected chi connectivity index (χ4v) is 2.43. The van der Waals surface area contributed by atoms with Crippen LogP contribution in [0.25, 0.3) is 0 Å². The molecule has 0 unspecified atom stereocenters. The van der Waals surface area contributed by atoms with Gasteiger partial charge in [-0.25, -0.2) is 4.98 Å². The first-order valence-corrected chi connectivity index (χ1v) is 6.68. The average Bonchev–Trinajstić information content (AvgIpc) is 2.81. The van der Waals surface area contributed by atoms with Crippen molar-refractivity contribution in [3.63, 3.8) is 0 Å². The molecule has 2 rings (SSSR count). The molecule has 0 aromatic carbocycles. The van der Waals surface area contributed by atoms with Gasteiger partial charge in [0.25, 0.3) is 5.91 Å². The van der Waals surface area contributed by atoms with Crippen molar-refractivity contribution in [3.8, 4) is 0 Å². The molecule has 5 nitrogen and oxygen atoms in total. The lowest BCUT2D eigenvalue weighted by Gasteiger charge is -2.25. The highest BCUT2D eigenvalue weighted by atomic mass is 35.5. The highest BCUT2D eigenvalue weighted by molar-refractivity contribution is 7.13. The number of rotatable bonds is 4. The Morgan fingerprint density at radius 1 is 1.42 bits per heavy atom. The number of nitrogens with zero attached hydrogens (tertiary/aromatic N) is 1. The van der Waals surface area contributed by atoms with Gasteiger partial charge in [-0.1, -0.05) is 0 Å². The Balaban J connectivity index is 0.00000162. The molecule has 1 aliphatic rings. The van der Waals surface area contributed by atoms with E-state index in [1.165, 1.54) is 11.3 Å². The highest BCUT2D eigenvalue weighted by Gasteiger charge is 2.19.